The molecule has 0 aromatic rings. The van der Waals surface area contributed by atoms with Crippen LogP contribution in [0.5, 0.6) is 0 Å². The van der Waals surface area contributed by atoms with Crippen LogP contribution in [0.3, 0.4) is 0 Å². The van der Waals surface area contributed by atoms with Crippen LogP contribution in [0.1, 0.15) is 0 Å². The maximum atomic E-state index is 10.9. The summed E-state index contributed by atoms with van der Waals surface area (Å²) in [4.78, 5) is 10.9. The van der Waals surface area contributed by atoms with Crippen molar-refractivity contribution < 1.29 is 52.2 Å². The number of carbonyl (C=O) groups is 1. The van der Waals surface area contributed by atoms with E-state index in [9.17, 15) is 4.79 Å². The number of methoxy groups -OCH3 is 1. The Hall–Kier alpha value is -0.410. The third-order valence-corrected chi connectivity index (χ3v) is 4.09. The molecule has 0 atom stereocenters. The molecule has 0 aliphatic carbocycles. The molecule has 0 spiro atoms. The number of alkyl halides is 1. The van der Waals surface area contributed by atoms with Gasteiger partial charge in [0.25, 0.3) is 0 Å². The quantitative estimate of drug-likeness (QED) is 0.0782. The van der Waals surface area contributed by atoms with Crippen molar-refractivity contribution in [2.45, 2.75) is 0 Å². The van der Waals surface area contributed by atoms with Gasteiger partial charge in [-0.25, -0.2) is 0 Å². The average molecular weight is 549 g/mol. The van der Waals surface area contributed by atoms with Gasteiger partial charge in [0.1, 0.15) is 11.9 Å². The van der Waals surface area contributed by atoms with E-state index in [0.29, 0.717) is 112 Å². The van der Waals surface area contributed by atoms with Gasteiger partial charge in [0.15, 0.2) is 0 Å². The Balaban J connectivity index is 3.02. The molecule has 0 N–H and O–H groups in total. The highest BCUT2D eigenvalue weighted by molar-refractivity contribution is 9.09. The molecule has 0 unspecified atom stereocenters. The monoisotopic (exact) mass is 548 g/mol. The van der Waals surface area contributed by atoms with Crippen LogP contribution in [-0.2, 0) is 52.2 Å². The van der Waals surface area contributed by atoms with Gasteiger partial charge < -0.3 is 47.4 Å². The summed E-state index contributed by atoms with van der Waals surface area (Å²) in [6.07, 6.45) is 0. The third-order valence-electron chi connectivity index (χ3n) is 3.64. The maximum absolute atomic E-state index is 10.9. The number of hydrogen-bond acceptors (Lipinski definition) is 11. The van der Waals surface area contributed by atoms with E-state index in [2.05, 4.69) is 15.9 Å². The fourth-order valence-corrected chi connectivity index (χ4v) is 2.20. The molecule has 0 fully saturated rings. The number of halogens is 1. The molecule has 0 aromatic carbocycles. The molecular weight excluding hydrogens is 508 g/mol. The summed E-state index contributed by atoms with van der Waals surface area (Å²) in [7, 11) is 1.64. The van der Waals surface area contributed by atoms with Crippen molar-refractivity contribution in [2.24, 2.45) is 0 Å². The van der Waals surface area contributed by atoms with Gasteiger partial charge in [0.2, 0.25) is 0 Å². The fraction of sp³-hybridized carbons (Fsp3) is 0.952. The van der Waals surface area contributed by atoms with Gasteiger partial charge >= 0.3 is 5.97 Å². The molecule has 0 rings (SSSR count). The lowest BCUT2D eigenvalue weighted by Gasteiger charge is -2.08. The Kier molecular flexibility index (Phi) is 29.3. The van der Waals surface area contributed by atoms with Gasteiger partial charge in [0.05, 0.1) is 112 Å². The van der Waals surface area contributed by atoms with E-state index in [-0.39, 0.29) is 17.9 Å². The Morgan fingerprint density at radius 1 is 0.455 bits per heavy atom. The molecule has 0 bridgehead atoms. The molecule has 198 valence electrons. The summed E-state index contributed by atoms with van der Waals surface area (Å²) in [5.74, 6) is -0.303. The summed E-state index contributed by atoms with van der Waals surface area (Å²) < 4.78 is 52.6. The van der Waals surface area contributed by atoms with Crippen molar-refractivity contribution in [3.8, 4) is 0 Å². The first-order chi connectivity index (χ1) is 16.3. The van der Waals surface area contributed by atoms with Crippen molar-refractivity contribution in [2.75, 3.05) is 131 Å². The van der Waals surface area contributed by atoms with Crippen molar-refractivity contribution in [1.29, 1.82) is 0 Å². The Morgan fingerprint density at radius 3 is 0.939 bits per heavy atom. The second-order valence-corrected chi connectivity index (χ2v) is 6.81. The highest BCUT2D eigenvalue weighted by Crippen LogP contribution is 1.88. The number of ether oxygens (including phenoxy) is 10. The topological polar surface area (TPSA) is 109 Å². The van der Waals surface area contributed by atoms with Gasteiger partial charge in [-0.2, -0.15) is 0 Å². The Labute approximate surface area is 205 Å². The molecule has 0 radical (unpaired) electrons. The minimum atomic E-state index is -0.303. The standard InChI is InChI=1S/C21H41BrO11/c1-24-2-3-25-4-5-26-6-7-27-8-9-28-10-11-29-12-13-30-14-15-31-16-17-32-18-19-33-21(23)20-22/h2-20H2,1H3. The molecule has 11 nitrogen and oxygen atoms in total. The van der Waals surface area contributed by atoms with Crippen LogP contribution in [0, 0.1) is 0 Å². The van der Waals surface area contributed by atoms with Crippen LogP contribution in [0.4, 0.5) is 0 Å². The van der Waals surface area contributed by atoms with E-state index >= 15 is 0 Å². The van der Waals surface area contributed by atoms with Crippen LogP contribution in [-0.4, -0.2) is 137 Å². The number of esters is 1. The normalized spacial score (nSPS) is 11.2. The summed E-state index contributed by atoms with van der Waals surface area (Å²) >= 11 is 3.01. The van der Waals surface area contributed by atoms with Gasteiger partial charge in [-0.05, 0) is 0 Å². The number of carbonyl (C=O) groups excluding carboxylic acids is 1. The predicted octanol–water partition coefficient (Wildman–Crippen LogP) is 0.704. The highest BCUT2D eigenvalue weighted by Gasteiger charge is 1.98. The van der Waals surface area contributed by atoms with Crippen LogP contribution >= 0.6 is 15.9 Å². The lowest BCUT2D eigenvalue weighted by Crippen LogP contribution is -2.15. The first-order valence-electron chi connectivity index (χ1n) is 11.1. The zero-order valence-corrected chi connectivity index (χ0v) is 21.4. The zero-order chi connectivity index (χ0) is 24.1. The largest absolute Gasteiger partial charge is 0.463 e. The summed E-state index contributed by atoms with van der Waals surface area (Å²) in [6.45, 7) is 8.88. The van der Waals surface area contributed by atoms with E-state index in [1.165, 1.54) is 0 Å². The average Bonchev–Trinajstić information content (AvgIpc) is 2.83. The number of hydrogen-bond donors (Lipinski definition) is 0. The minimum Gasteiger partial charge on any atom is -0.463 e. The number of rotatable bonds is 28. The molecule has 12 heteroatoms. The Bertz CT molecular complexity index is 391. The van der Waals surface area contributed by atoms with Crippen LogP contribution < -0.4 is 0 Å². The highest BCUT2D eigenvalue weighted by atomic mass is 79.9. The molecular formula is C21H41BrO11. The summed E-state index contributed by atoms with van der Waals surface area (Å²) in [5.41, 5.74) is 0. The van der Waals surface area contributed by atoms with Crippen LogP contribution in [0.25, 0.3) is 0 Å². The van der Waals surface area contributed by atoms with E-state index in [1.54, 1.807) is 7.11 Å². The molecule has 0 saturated carbocycles. The molecule has 0 aromatic heterocycles. The summed E-state index contributed by atoms with van der Waals surface area (Å²) in [6, 6.07) is 0. The van der Waals surface area contributed by atoms with E-state index in [0.717, 1.165) is 0 Å². The second-order valence-electron chi connectivity index (χ2n) is 6.25. The zero-order valence-electron chi connectivity index (χ0n) is 19.8. The molecule has 0 aliphatic heterocycles. The molecule has 33 heavy (non-hydrogen) atoms. The minimum absolute atomic E-state index is 0.190. The van der Waals surface area contributed by atoms with Gasteiger partial charge in [-0.1, -0.05) is 15.9 Å². The van der Waals surface area contributed by atoms with Crippen LogP contribution in [0.15, 0.2) is 0 Å². The smallest absolute Gasteiger partial charge is 0.316 e. The van der Waals surface area contributed by atoms with E-state index in [4.69, 9.17) is 47.4 Å². The summed E-state index contributed by atoms with van der Waals surface area (Å²) in [5, 5.41) is 0.190. The predicted molar refractivity (Wildman–Crippen MR) is 123 cm³/mol. The van der Waals surface area contributed by atoms with Crippen molar-refractivity contribution in [3.05, 3.63) is 0 Å². The lowest BCUT2D eigenvalue weighted by molar-refractivity contribution is -0.142. The molecule has 0 amide bonds. The second kappa shape index (κ2) is 29.6. The van der Waals surface area contributed by atoms with Gasteiger partial charge in [0, 0.05) is 7.11 Å². The SMILES string of the molecule is COCCOCCOCCOCCOCCOCCOCCOCCOCCOC(=O)CBr. The van der Waals surface area contributed by atoms with Gasteiger partial charge in [-0.3, -0.25) is 4.79 Å². The van der Waals surface area contributed by atoms with E-state index < -0.39 is 0 Å². The third kappa shape index (κ3) is 29.6. The maximum Gasteiger partial charge on any atom is 0.316 e. The molecule has 0 saturated heterocycles. The lowest BCUT2D eigenvalue weighted by atomic mass is 10.6. The van der Waals surface area contributed by atoms with Gasteiger partial charge in [-0.15, -0.1) is 0 Å². The fourth-order valence-electron chi connectivity index (χ4n) is 2.04. The first-order valence-corrected chi connectivity index (χ1v) is 12.3. The van der Waals surface area contributed by atoms with Crippen molar-refractivity contribution in [1.82, 2.24) is 0 Å². The molecule has 0 aliphatic rings. The van der Waals surface area contributed by atoms with Crippen molar-refractivity contribution in [3.63, 3.8) is 0 Å². The van der Waals surface area contributed by atoms with Crippen LogP contribution in [0.2, 0.25) is 0 Å². The molecule has 0 heterocycles. The first kappa shape index (κ1) is 32.6. The Morgan fingerprint density at radius 2 is 0.697 bits per heavy atom. The van der Waals surface area contributed by atoms with Crippen molar-refractivity contribution >= 4 is 21.9 Å². The van der Waals surface area contributed by atoms with E-state index in [1.807, 2.05) is 0 Å².